The molecule has 18 heavy (non-hydrogen) atoms. The first-order valence-electron chi connectivity index (χ1n) is 8.14. The molecule has 1 saturated carbocycles. The van der Waals surface area contributed by atoms with E-state index in [9.17, 15) is 0 Å². The molecular weight excluding hydrogens is 220 g/mol. The number of rotatable bonds is 2. The van der Waals surface area contributed by atoms with Crippen LogP contribution >= 0.6 is 0 Å². The first-order chi connectivity index (χ1) is 8.64. The molecule has 1 aliphatic carbocycles. The number of fused-ring (bicyclic) bond motifs is 1. The van der Waals surface area contributed by atoms with Crippen molar-refractivity contribution in [1.29, 1.82) is 0 Å². The first-order valence-corrected chi connectivity index (χ1v) is 8.14. The van der Waals surface area contributed by atoms with Crippen LogP contribution in [0.1, 0.15) is 65.2 Å². The molecular formula is C16H30N2. The van der Waals surface area contributed by atoms with E-state index in [1.165, 1.54) is 64.5 Å². The first kappa shape index (κ1) is 12.9. The van der Waals surface area contributed by atoms with Crippen molar-refractivity contribution in [3.05, 3.63) is 0 Å². The topological polar surface area (TPSA) is 15.3 Å². The minimum absolute atomic E-state index is 0.589. The van der Waals surface area contributed by atoms with Crippen LogP contribution < -0.4 is 5.32 Å². The Kier molecular flexibility index (Phi) is 3.68. The fourth-order valence-electron chi connectivity index (χ4n) is 4.41. The molecule has 3 rings (SSSR count). The number of hydrogen-bond donors (Lipinski definition) is 1. The summed E-state index contributed by atoms with van der Waals surface area (Å²) in [6.07, 6.45) is 11.3. The maximum atomic E-state index is 4.03. The highest BCUT2D eigenvalue weighted by atomic mass is 15.2. The summed E-state index contributed by atoms with van der Waals surface area (Å²) in [5.74, 6) is 0. The van der Waals surface area contributed by atoms with Crippen LogP contribution in [0.25, 0.3) is 0 Å². The average Bonchev–Trinajstić information content (AvgIpc) is 2.86. The Morgan fingerprint density at radius 1 is 0.944 bits per heavy atom. The minimum atomic E-state index is 0.589. The lowest BCUT2D eigenvalue weighted by molar-refractivity contribution is 0.277. The predicted molar refractivity (Wildman–Crippen MR) is 76.8 cm³/mol. The van der Waals surface area contributed by atoms with Crippen molar-refractivity contribution in [3.63, 3.8) is 0 Å². The van der Waals surface area contributed by atoms with E-state index in [-0.39, 0.29) is 0 Å². The molecule has 104 valence electrons. The molecule has 2 saturated heterocycles. The Morgan fingerprint density at radius 3 is 2.72 bits per heavy atom. The van der Waals surface area contributed by atoms with Crippen LogP contribution in [-0.2, 0) is 0 Å². The predicted octanol–water partition coefficient (Wildman–Crippen LogP) is 3.17. The van der Waals surface area contributed by atoms with E-state index in [1.807, 2.05) is 0 Å². The quantitative estimate of drug-likeness (QED) is 0.757. The molecule has 0 bridgehead atoms. The van der Waals surface area contributed by atoms with Crippen LogP contribution in [0.3, 0.4) is 0 Å². The Bertz CT molecular complexity index is 287. The lowest BCUT2D eigenvalue weighted by atomic mass is 9.85. The number of hydrogen-bond acceptors (Lipinski definition) is 2. The molecule has 0 aromatic rings. The molecule has 3 unspecified atom stereocenters. The van der Waals surface area contributed by atoms with E-state index >= 15 is 0 Å². The summed E-state index contributed by atoms with van der Waals surface area (Å²) in [5.41, 5.74) is 0.589. The smallest absolute Gasteiger partial charge is 0.0250 e. The van der Waals surface area contributed by atoms with E-state index in [2.05, 4.69) is 24.1 Å². The van der Waals surface area contributed by atoms with E-state index in [0.29, 0.717) is 5.41 Å². The lowest BCUT2D eigenvalue weighted by Gasteiger charge is -2.27. The second-order valence-corrected chi connectivity index (χ2v) is 7.60. The van der Waals surface area contributed by atoms with Gasteiger partial charge in [0.05, 0.1) is 0 Å². The second-order valence-electron chi connectivity index (χ2n) is 7.60. The summed E-state index contributed by atoms with van der Waals surface area (Å²) in [6.45, 7) is 7.61. The summed E-state index contributed by atoms with van der Waals surface area (Å²) in [7, 11) is 0. The van der Waals surface area contributed by atoms with Crippen molar-refractivity contribution >= 4 is 0 Å². The molecule has 3 aliphatic rings. The van der Waals surface area contributed by atoms with Crippen LogP contribution in [0.15, 0.2) is 0 Å². The van der Waals surface area contributed by atoms with Crippen LogP contribution in [0.2, 0.25) is 0 Å². The molecule has 0 aromatic heterocycles. The van der Waals surface area contributed by atoms with Gasteiger partial charge in [0.25, 0.3) is 0 Å². The molecule has 1 N–H and O–H groups in total. The van der Waals surface area contributed by atoms with Crippen molar-refractivity contribution < 1.29 is 0 Å². The van der Waals surface area contributed by atoms with Gasteiger partial charge in [0, 0.05) is 24.7 Å². The molecule has 0 spiro atoms. The van der Waals surface area contributed by atoms with E-state index in [4.69, 9.17) is 0 Å². The largest absolute Gasteiger partial charge is 0.310 e. The molecule has 2 aliphatic heterocycles. The zero-order valence-electron chi connectivity index (χ0n) is 12.3. The summed E-state index contributed by atoms with van der Waals surface area (Å²) < 4.78 is 0. The van der Waals surface area contributed by atoms with E-state index in [0.717, 1.165) is 18.1 Å². The summed E-state index contributed by atoms with van der Waals surface area (Å²) in [4.78, 5) is 2.72. The fraction of sp³-hybridized carbons (Fsp3) is 1.00. The molecule has 3 atom stereocenters. The highest BCUT2D eigenvalue weighted by Gasteiger charge is 2.38. The van der Waals surface area contributed by atoms with Gasteiger partial charge >= 0.3 is 0 Å². The molecule has 0 aromatic carbocycles. The maximum absolute atomic E-state index is 4.03. The van der Waals surface area contributed by atoms with Gasteiger partial charge in [-0.05, 0) is 56.9 Å². The number of nitrogens with one attached hydrogen (secondary N) is 1. The normalized spacial score (nSPS) is 40.7. The van der Waals surface area contributed by atoms with Crippen molar-refractivity contribution in [1.82, 2.24) is 10.2 Å². The summed E-state index contributed by atoms with van der Waals surface area (Å²) >= 11 is 0. The van der Waals surface area contributed by atoms with E-state index in [1.54, 1.807) is 0 Å². The highest BCUT2D eigenvalue weighted by Crippen LogP contribution is 2.35. The van der Waals surface area contributed by atoms with Crippen LogP contribution in [0.5, 0.6) is 0 Å². The zero-order valence-corrected chi connectivity index (χ0v) is 12.3. The van der Waals surface area contributed by atoms with Crippen molar-refractivity contribution in [3.8, 4) is 0 Å². The second kappa shape index (κ2) is 5.13. The molecule has 2 nitrogen and oxygen atoms in total. The van der Waals surface area contributed by atoms with Crippen molar-refractivity contribution in [2.75, 3.05) is 13.1 Å². The minimum Gasteiger partial charge on any atom is -0.310 e. The molecule has 2 heterocycles. The SMILES string of the molecule is CC1(C)CCCC(NC2CCN3CCCC23)CC1. The van der Waals surface area contributed by atoms with Gasteiger partial charge in [-0.2, -0.15) is 0 Å². The molecule has 0 radical (unpaired) electrons. The average molecular weight is 250 g/mol. The zero-order chi connectivity index (χ0) is 12.6. The third-order valence-electron chi connectivity index (χ3n) is 5.63. The third kappa shape index (κ3) is 2.75. The van der Waals surface area contributed by atoms with Crippen LogP contribution in [0.4, 0.5) is 0 Å². The number of nitrogens with zero attached hydrogens (tertiary/aromatic N) is 1. The Hall–Kier alpha value is -0.0800. The van der Waals surface area contributed by atoms with E-state index < -0.39 is 0 Å². The standard InChI is InChI=1S/C16H30N2/c1-16(2)9-3-5-13(7-10-16)17-14-8-12-18-11-4-6-15(14)18/h13-15,17H,3-12H2,1-2H3. The Balaban J connectivity index is 1.53. The Labute approximate surface area is 113 Å². The highest BCUT2D eigenvalue weighted by molar-refractivity contribution is 4.97. The monoisotopic (exact) mass is 250 g/mol. The van der Waals surface area contributed by atoms with Gasteiger partial charge in [-0.3, -0.25) is 4.90 Å². The van der Waals surface area contributed by atoms with Gasteiger partial charge in [-0.25, -0.2) is 0 Å². The van der Waals surface area contributed by atoms with Gasteiger partial charge < -0.3 is 5.32 Å². The Morgan fingerprint density at radius 2 is 1.83 bits per heavy atom. The summed E-state index contributed by atoms with van der Waals surface area (Å²) in [6, 6.07) is 2.48. The molecule has 0 amide bonds. The van der Waals surface area contributed by atoms with Gasteiger partial charge in [-0.1, -0.05) is 20.3 Å². The van der Waals surface area contributed by atoms with Crippen molar-refractivity contribution in [2.45, 2.75) is 83.3 Å². The lowest BCUT2D eigenvalue weighted by Crippen LogP contribution is -2.44. The third-order valence-corrected chi connectivity index (χ3v) is 5.63. The van der Waals surface area contributed by atoms with Gasteiger partial charge in [0.15, 0.2) is 0 Å². The van der Waals surface area contributed by atoms with Gasteiger partial charge in [-0.15, -0.1) is 0 Å². The maximum Gasteiger partial charge on any atom is 0.0250 e. The van der Waals surface area contributed by atoms with Crippen LogP contribution in [-0.4, -0.2) is 36.1 Å². The molecule has 2 heteroatoms. The molecule has 3 fully saturated rings. The van der Waals surface area contributed by atoms with Crippen molar-refractivity contribution in [2.24, 2.45) is 5.41 Å². The fourth-order valence-corrected chi connectivity index (χ4v) is 4.41. The van der Waals surface area contributed by atoms with Gasteiger partial charge in [0.1, 0.15) is 0 Å². The summed E-state index contributed by atoms with van der Waals surface area (Å²) in [5, 5.41) is 4.03. The van der Waals surface area contributed by atoms with Gasteiger partial charge in [0.2, 0.25) is 0 Å². The van der Waals surface area contributed by atoms with Crippen LogP contribution in [0, 0.1) is 5.41 Å².